The summed E-state index contributed by atoms with van der Waals surface area (Å²) >= 11 is 5.31. The second-order valence-corrected chi connectivity index (χ2v) is 7.27. The average Bonchev–Trinajstić information content (AvgIpc) is 2.89. The van der Waals surface area contributed by atoms with Crippen LogP contribution in [0.5, 0.6) is 0 Å². The number of aromatic nitrogens is 1. The Kier molecular flexibility index (Phi) is 4.22. The Morgan fingerprint density at radius 2 is 1.74 bits per heavy atom. The molecule has 0 atom stereocenters. The standard InChI is InChI=1S/C18H22N4S/c1-18(2,3)21-17(23)20-15-8-9-16(19-10-15)22-11-13-6-4-5-7-14(13)12-22/h4-10H,11-12H2,1-3H3,(H2,20,21,23). The fourth-order valence-electron chi connectivity index (χ4n) is 2.65. The highest BCUT2D eigenvalue weighted by Crippen LogP contribution is 2.27. The van der Waals surface area contributed by atoms with Crippen LogP contribution in [0, 0.1) is 0 Å². The molecule has 0 saturated heterocycles. The predicted octanol–water partition coefficient (Wildman–Crippen LogP) is 3.69. The molecule has 0 fully saturated rings. The van der Waals surface area contributed by atoms with Crippen LogP contribution in [0.2, 0.25) is 0 Å². The van der Waals surface area contributed by atoms with E-state index >= 15 is 0 Å². The first-order chi connectivity index (χ1) is 10.9. The number of hydrogen-bond acceptors (Lipinski definition) is 3. The maximum Gasteiger partial charge on any atom is 0.171 e. The van der Waals surface area contributed by atoms with Gasteiger partial charge in [0, 0.05) is 18.6 Å². The molecule has 0 unspecified atom stereocenters. The van der Waals surface area contributed by atoms with E-state index in [9.17, 15) is 0 Å². The molecule has 5 heteroatoms. The Morgan fingerprint density at radius 1 is 1.09 bits per heavy atom. The van der Waals surface area contributed by atoms with Gasteiger partial charge in [-0.1, -0.05) is 24.3 Å². The highest BCUT2D eigenvalue weighted by molar-refractivity contribution is 7.80. The molecule has 1 aliphatic heterocycles. The molecule has 2 N–H and O–H groups in total. The largest absolute Gasteiger partial charge is 0.358 e. The van der Waals surface area contributed by atoms with Crippen molar-refractivity contribution in [2.24, 2.45) is 0 Å². The van der Waals surface area contributed by atoms with Gasteiger partial charge in [-0.3, -0.25) is 0 Å². The SMILES string of the molecule is CC(C)(C)NC(=S)Nc1ccc(N2Cc3ccccc3C2)nc1. The van der Waals surface area contributed by atoms with Crippen molar-refractivity contribution in [1.29, 1.82) is 0 Å². The zero-order valence-corrected chi connectivity index (χ0v) is 14.6. The topological polar surface area (TPSA) is 40.2 Å². The number of nitrogens with zero attached hydrogens (tertiary/aromatic N) is 2. The molecule has 0 aliphatic carbocycles. The minimum absolute atomic E-state index is 0.0568. The van der Waals surface area contributed by atoms with E-state index in [0.29, 0.717) is 5.11 Å². The molecular formula is C18H22N4S. The Morgan fingerprint density at radius 3 is 2.26 bits per heavy atom. The zero-order valence-electron chi connectivity index (χ0n) is 13.8. The number of benzene rings is 1. The quantitative estimate of drug-likeness (QED) is 0.824. The van der Waals surface area contributed by atoms with E-state index in [1.807, 2.05) is 18.3 Å². The van der Waals surface area contributed by atoms with Gasteiger partial charge in [-0.05, 0) is 56.2 Å². The summed E-state index contributed by atoms with van der Waals surface area (Å²) in [5.74, 6) is 0.987. The third-order valence-electron chi connectivity index (χ3n) is 3.66. The Labute approximate surface area is 142 Å². The van der Waals surface area contributed by atoms with Crippen molar-refractivity contribution in [3.63, 3.8) is 0 Å². The van der Waals surface area contributed by atoms with E-state index in [1.165, 1.54) is 11.1 Å². The lowest BCUT2D eigenvalue weighted by atomic mass is 10.1. The van der Waals surface area contributed by atoms with Gasteiger partial charge in [-0.15, -0.1) is 0 Å². The lowest BCUT2D eigenvalue weighted by molar-refractivity contribution is 0.515. The number of rotatable bonds is 2. The van der Waals surface area contributed by atoms with Crippen molar-refractivity contribution in [3.05, 3.63) is 53.7 Å². The predicted molar refractivity (Wildman–Crippen MR) is 99.7 cm³/mol. The van der Waals surface area contributed by atoms with Crippen LogP contribution >= 0.6 is 12.2 Å². The smallest absolute Gasteiger partial charge is 0.171 e. The minimum atomic E-state index is -0.0568. The summed E-state index contributed by atoms with van der Waals surface area (Å²) in [7, 11) is 0. The van der Waals surface area contributed by atoms with Gasteiger partial charge < -0.3 is 15.5 Å². The normalized spacial score (nSPS) is 13.6. The van der Waals surface area contributed by atoms with Gasteiger partial charge in [0.05, 0.1) is 11.9 Å². The van der Waals surface area contributed by atoms with Gasteiger partial charge in [0.15, 0.2) is 5.11 Å². The molecule has 2 aromatic rings. The fourth-order valence-corrected chi connectivity index (χ4v) is 3.07. The van der Waals surface area contributed by atoms with Crippen LogP contribution in [0.1, 0.15) is 31.9 Å². The molecule has 0 amide bonds. The van der Waals surface area contributed by atoms with Crippen molar-refractivity contribution in [2.75, 3.05) is 10.2 Å². The number of fused-ring (bicyclic) bond motifs is 1. The van der Waals surface area contributed by atoms with Gasteiger partial charge >= 0.3 is 0 Å². The van der Waals surface area contributed by atoms with Gasteiger partial charge in [-0.2, -0.15) is 0 Å². The van der Waals surface area contributed by atoms with Crippen LogP contribution < -0.4 is 15.5 Å². The van der Waals surface area contributed by atoms with Crippen molar-refractivity contribution < 1.29 is 0 Å². The lowest BCUT2D eigenvalue weighted by Gasteiger charge is -2.23. The van der Waals surface area contributed by atoms with Gasteiger partial charge in [0.2, 0.25) is 0 Å². The van der Waals surface area contributed by atoms with Crippen LogP contribution in [0.4, 0.5) is 11.5 Å². The summed E-state index contributed by atoms with van der Waals surface area (Å²) in [5, 5.41) is 7.02. The molecule has 23 heavy (non-hydrogen) atoms. The molecule has 0 saturated carbocycles. The lowest BCUT2D eigenvalue weighted by Crippen LogP contribution is -2.42. The molecule has 1 aliphatic rings. The summed E-state index contributed by atoms with van der Waals surface area (Å²) < 4.78 is 0. The first kappa shape index (κ1) is 15.7. The van der Waals surface area contributed by atoms with Gasteiger partial charge in [0.1, 0.15) is 5.82 Å². The Bertz CT molecular complexity index is 679. The van der Waals surface area contributed by atoms with Crippen LogP contribution in [-0.2, 0) is 13.1 Å². The van der Waals surface area contributed by atoms with E-state index < -0.39 is 0 Å². The average molecular weight is 326 g/mol. The van der Waals surface area contributed by atoms with E-state index in [1.54, 1.807) is 0 Å². The monoisotopic (exact) mass is 326 g/mol. The first-order valence-electron chi connectivity index (χ1n) is 7.78. The third kappa shape index (κ3) is 3.99. The summed E-state index contributed by atoms with van der Waals surface area (Å²) in [6, 6.07) is 12.6. The molecule has 0 bridgehead atoms. The highest BCUT2D eigenvalue weighted by atomic mass is 32.1. The van der Waals surface area contributed by atoms with E-state index in [-0.39, 0.29) is 5.54 Å². The van der Waals surface area contributed by atoms with Crippen LogP contribution in [-0.4, -0.2) is 15.6 Å². The van der Waals surface area contributed by atoms with Crippen molar-refractivity contribution in [2.45, 2.75) is 39.4 Å². The Balaban J connectivity index is 1.63. The summed E-state index contributed by atoms with van der Waals surface area (Å²) in [6.07, 6.45) is 1.83. The summed E-state index contributed by atoms with van der Waals surface area (Å²) in [6.45, 7) is 8.06. The molecular weight excluding hydrogens is 304 g/mol. The van der Waals surface area contributed by atoms with Crippen molar-refractivity contribution >= 4 is 28.8 Å². The van der Waals surface area contributed by atoms with E-state index in [4.69, 9.17) is 12.2 Å². The van der Waals surface area contributed by atoms with E-state index in [0.717, 1.165) is 24.6 Å². The third-order valence-corrected chi connectivity index (χ3v) is 3.86. The molecule has 1 aromatic heterocycles. The number of anilines is 2. The molecule has 0 spiro atoms. The number of nitrogens with one attached hydrogen (secondary N) is 2. The minimum Gasteiger partial charge on any atom is -0.358 e. The molecule has 1 aromatic carbocycles. The van der Waals surface area contributed by atoms with Crippen LogP contribution in [0.15, 0.2) is 42.6 Å². The maximum atomic E-state index is 5.31. The molecule has 0 radical (unpaired) electrons. The second kappa shape index (κ2) is 6.16. The van der Waals surface area contributed by atoms with Gasteiger partial charge in [-0.25, -0.2) is 4.98 Å². The van der Waals surface area contributed by atoms with Crippen LogP contribution in [0.25, 0.3) is 0 Å². The fraction of sp³-hybridized carbons (Fsp3) is 0.333. The molecule has 3 rings (SSSR count). The van der Waals surface area contributed by atoms with E-state index in [2.05, 4.69) is 65.6 Å². The first-order valence-corrected chi connectivity index (χ1v) is 8.18. The van der Waals surface area contributed by atoms with Crippen molar-refractivity contribution in [1.82, 2.24) is 10.3 Å². The molecule has 120 valence electrons. The van der Waals surface area contributed by atoms with Crippen molar-refractivity contribution in [3.8, 4) is 0 Å². The second-order valence-electron chi connectivity index (χ2n) is 6.86. The molecule has 4 nitrogen and oxygen atoms in total. The Hall–Kier alpha value is -2.14. The van der Waals surface area contributed by atoms with Crippen LogP contribution in [0.3, 0.4) is 0 Å². The summed E-state index contributed by atoms with van der Waals surface area (Å²) in [4.78, 5) is 6.85. The maximum absolute atomic E-state index is 5.31. The number of pyridine rings is 1. The zero-order chi connectivity index (χ0) is 16.4. The number of hydrogen-bond donors (Lipinski definition) is 2. The van der Waals surface area contributed by atoms with Gasteiger partial charge in [0.25, 0.3) is 0 Å². The highest BCUT2D eigenvalue weighted by Gasteiger charge is 2.19. The number of thiocarbonyl (C=S) groups is 1. The summed E-state index contributed by atoms with van der Waals surface area (Å²) in [5.41, 5.74) is 3.60. The molecule has 2 heterocycles.